The Kier molecular flexibility index (Phi) is 4.26. The van der Waals surface area contributed by atoms with Crippen molar-refractivity contribution in [2.75, 3.05) is 36.5 Å². The summed E-state index contributed by atoms with van der Waals surface area (Å²) in [7, 11) is 0. The molecule has 0 aliphatic carbocycles. The fraction of sp³-hybridized carbons (Fsp3) is 0.267. The molecule has 1 fully saturated rings. The monoisotopic (exact) mass is 350 g/mol. The van der Waals surface area contributed by atoms with Crippen molar-refractivity contribution in [2.24, 2.45) is 0 Å². The van der Waals surface area contributed by atoms with Gasteiger partial charge in [0.2, 0.25) is 0 Å². The van der Waals surface area contributed by atoms with Crippen LogP contribution in [0.3, 0.4) is 0 Å². The Hall–Kier alpha value is -1.79. The summed E-state index contributed by atoms with van der Waals surface area (Å²) in [5.74, 6) is -0.199. The second-order valence-electron chi connectivity index (χ2n) is 4.71. The number of carbonyl (C=O) groups is 1. The maximum Gasteiger partial charge on any atom is 0.260 e. The average molecular weight is 351 g/mol. The first-order valence-corrected chi connectivity index (χ1v) is 7.50. The van der Waals surface area contributed by atoms with Crippen LogP contribution in [-0.2, 0) is 4.74 Å². The number of carbonyl (C=O) groups excluding carboxylic acids is 1. The van der Waals surface area contributed by atoms with Crippen molar-refractivity contribution in [1.82, 2.24) is 0 Å². The maximum atomic E-state index is 12.1. The fourth-order valence-electron chi connectivity index (χ4n) is 2.23. The molecule has 1 aliphatic rings. The van der Waals surface area contributed by atoms with E-state index in [1.54, 1.807) is 6.07 Å². The van der Waals surface area contributed by atoms with Crippen LogP contribution in [0.4, 0.5) is 11.4 Å². The highest BCUT2D eigenvalue weighted by Gasteiger charge is 2.14. The zero-order valence-electron chi connectivity index (χ0n) is 11.3. The second-order valence-corrected chi connectivity index (χ2v) is 5.43. The minimum Gasteiger partial charge on any atom is -0.457 e. The molecule has 6 heteroatoms. The van der Waals surface area contributed by atoms with Gasteiger partial charge in [0.15, 0.2) is 4.67 Å². The molecule has 1 N–H and O–H groups in total. The molecule has 2 aromatic rings. The van der Waals surface area contributed by atoms with Crippen LogP contribution in [0.5, 0.6) is 0 Å². The topological polar surface area (TPSA) is 54.7 Å². The molecule has 1 aromatic carbocycles. The number of hydrogen-bond donors (Lipinski definition) is 1. The standard InChI is InChI=1S/C15H15BrN2O3/c16-14-13(5-8-21-14)15(19)17-11-1-3-12(4-2-11)18-6-9-20-10-7-18/h1-5,8H,6-7,9-10H2,(H,17,19). The smallest absolute Gasteiger partial charge is 0.260 e. The van der Waals surface area contributed by atoms with E-state index >= 15 is 0 Å². The molecule has 110 valence electrons. The van der Waals surface area contributed by atoms with Crippen LogP contribution in [0.1, 0.15) is 10.4 Å². The molecule has 1 amide bonds. The van der Waals surface area contributed by atoms with Gasteiger partial charge in [0.1, 0.15) is 0 Å². The van der Waals surface area contributed by atoms with Crippen molar-refractivity contribution in [3.8, 4) is 0 Å². The Morgan fingerprint density at radius 2 is 1.86 bits per heavy atom. The van der Waals surface area contributed by atoms with E-state index in [4.69, 9.17) is 9.15 Å². The van der Waals surface area contributed by atoms with E-state index in [0.29, 0.717) is 10.2 Å². The first kappa shape index (κ1) is 14.2. The number of halogens is 1. The summed E-state index contributed by atoms with van der Waals surface area (Å²) < 4.78 is 10.8. The van der Waals surface area contributed by atoms with E-state index < -0.39 is 0 Å². The summed E-state index contributed by atoms with van der Waals surface area (Å²) in [6.07, 6.45) is 1.47. The first-order chi connectivity index (χ1) is 10.2. The third-order valence-electron chi connectivity index (χ3n) is 3.36. The summed E-state index contributed by atoms with van der Waals surface area (Å²) in [5, 5.41) is 2.84. The Labute approximate surface area is 131 Å². The van der Waals surface area contributed by atoms with Crippen molar-refractivity contribution in [3.63, 3.8) is 0 Å². The minimum absolute atomic E-state index is 0.199. The molecule has 0 bridgehead atoms. The number of ether oxygens (including phenoxy) is 1. The second kappa shape index (κ2) is 6.32. The lowest BCUT2D eigenvalue weighted by Crippen LogP contribution is -2.36. The van der Waals surface area contributed by atoms with Crippen LogP contribution in [0.2, 0.25) is 0 Å². The summed E-state index contributed by atoms with van der Waals surface area (Å²) in [6, 6.07) is 9.44. The van der Waals surface area contributed by atoms with Gasteiger partial charge in [-0.15, -0.1) is 0 Å². The molecule has 0 atom stereocenters. The summed E-state index contributed by atoms with van der Waals surface area (Å²) in [4.78, 5) is 14.3. The molecule has 5 nitrogen and oxygen atoms in total. The van der Waals surface area contributed by atoms with Crippen LogP contribution < -0.4 is 10.2 Å². The lowest BCUT2D eigenvalue weighted by atomic mass is 10.2. The minimum atomic E-state index is -0.199. The predicted octanol–water partition coefficient (Wildman–Crippen LogP) is 3.13. The van der Waals surface area contributed by atoms with Gasteiger partial charge in [0.05, 0.1) is 25.0 Å². The van der Waals surface area contributed by atoms with Gasteiger partial charge < -0.3 is 19.4 Å². The quantitative estimate of drug-likeness (QED) is 0.923. The molecule has 1 saturated heterocycles. The molecule has 1 aromatic heterocycles. The highest BCUT2D eigenvalue weighted by Crippen LogP contribution is 2.21. The number of morpholine rings is 1. The number of anilines is 2. The third kappa shape index (κ3) is 3.28. The number of furan rings is 1. The van der Waals surface area contributed by atoms with Crippen molar-refractivity contribution < 1.29 is 13.9 Å². The van der Waals surface area contributed by atoms with Crippen LogP contribution in [0.25, 0.3) is 0 Å². The van der Waals surface area contributed by atoms with Gasteiger partial charge in [-0.2, -0.15) is 0 Å². The first-order valence-electron chi connectivity index (χ1n) is 6.71. The molecule has 21 heavy (non-hydrogen) atoms. The molecule has 1 aliphatic heterocycles. The summed E-state index contributed by atoms with van der Waals surface area (Å²) in [6.45, 7) is 3.31. The Bertz CT molecular complexity index is 618. The van der Waals surface area contributed by atoms with Gasteiger partial charge >= 0.3 is 0 Å². The highest BCUT2D eigenvalue weighted by molar-refractivity contribution is 9.10. The molecule has 0 radical (unpaired) electrons. The number of rotatable bonds is 3. The van der Waals surface area contributed by atoms with Gasteiger partial charge in [-0.1, -0.05) is 0 Å². The van der Waals surface area contributed by atoms with Gasteiger partial charge in [-0.25, -0.2) is 0 Å². The van der Waals surface area contributed by atoms with Crippen LogP contribution in [0.15, 0.2) is 45.7 Å². The lowest BCUT2D eigenvalue weighted by molar-refractivity contribution is 0.102. The largest absolute Gasteiger partial charge is 0.457 e. The van der Waals surface area contributed by atoms with Crippen molar-refractivity contribution in [2.45, 2.75) is 0 Å². The Morgan fingerprint density at radius 1 is 1.14 bits per heavy atom. The summed E-state index contributed by atoms with van der Waals surface area (Å²) in [5.41, 5.74) is 2.37. The van der Waals surface area contributed by atoms with Gasteiger partial charge in [-0.3, -0.25) is 4.79 Å². The zero-order valence-corrected chi connectivity index (χ0v) is 12.9. The average Bonchev–Trinajstić information content (AvgIpc) is 2.95. The van der Waals surface area contributed by atoms with Gasteiger partial charge in [-0.05, 0) is 46.3 Å². The Balaban J connectivity index is 1.67. The lowest BCUT2D eigenvalue weighted by Gasteiger charge is -2.28. The van der Waals surface area contributed by atoms with E-state index in [0.717, 1.165) is 37.7 Å². The van der Waals surface area contributed by atoms with Gasteiger partial charge in [0, 0.05) is 24.5 Å². The molecule has 0 saturated carbocycles. The normalized spacial score (nSPS) is 15.0. The van der Waals surface area contributed by atoms with E-state index in [2.05, 4.69) is 26.1 Å². The van der Waals surface area contributed by atoms with E-state index in [1.807, 2.05) is 24.3 Å². The number of benzene rings is 1. The molecule has 2 heterocycles. The van der Waals surface area contributed by atoms with Crippen LogP contribution in [-0.4, -0.2) is 32.2 Å². The number of hydrogen-bond acceptors (Lipinski definition) is 4. The zero-order chi connectivity index (χ0) is 14.7. The van der Waals surface area contributed by atoms with Crippen LogP contribution >= 0.6 is 15.9 Å². The maximum absolute atomic E-state index is 12.1. The molecule has 3 rings (SSSR count). The van der Waals surface area contributed by atoms with Crippen molar-refractivity contribution in [3.05, 3.63) is 46.8 Å². The molecular weight excluding hydrogens is 336 g/mol. The number of nitrogens with zero attached hydrogens (tertiary/aromatic N) is 1. The van der Waals surface area contributed by atoms with E-state index in [-0.39, 0.29) is 5.91 Å². The number of amides is 1. The number of nitrogens with one attached hydrogen (secondary N) is 1. The highest BCUT2D eigenvalue weighted by atomic mass is 79.9. The Morgan fingerprint density at radius 3 is 2.48 bits per heavy atom. The van der Waals surface area contributed by atoms with Crippen molar-refractivity contribution >= 4 is 33.2 Å². The predicted molar refractivity (Wildman–Crippen MR) is 83.8 cm³/mol. The van der Waals surface area contributed by atoms with Crippen molar-refractivity contribution in [1.29, 1.82) is 0 Å². The fourth-order valence-corrected chi connectivity index (χ4v) is 2.65. The molecule has 0 unspecified atom stereocenters. The third-order valence-corrected chi connectivity index (χ3v) is 3.98. The molecule has 0 spiro atoms. The van der Waals surface area contributed by atoms with Gasteiger partial charge in [0.25, 0.3) is 5.91 Å². The SMILES string of the molecule is O=C(Nc1ccc(N2CCOCC2)cc1)c1ccoc1Br. The van der Waals surface area contributed by atoms with Crippen LogP contribution in [0, 0.1) is 0 Å². The summed E-state index contributed by atoms with van der Waals surface area (Å²) >= 11 is 3.20. The van der Waals surface area contributed by atoms with E-state index in [1.165, 1.54) is 6.26 Å². The van der Waals surface area contributed by atoms with E-state index in [9.17, 15) is 4.79 Å². The molecular formula is C15H15BrN2O3.